The predicted octanol–water partition coefficient (Wildman–Crippen LogP) is 3.61. The van der Waals surface area contributed by atoms with E-state index >= 15 is 0 Å². The monoisotopic (exact) mass is 435 g/mol. The number of hydrogen-bond donors (Lipinski definition) is 0. The Morgan fingerprint density at radius 1 is 0.969 bits per heavy atom. The number of amides is 2. The second-order valence-corrected chi connectivity index (χ2v) is 8.43. The lowest BCUT2D eigenvalue weighted by atomic mass is 10.0. The van der Waals surface area contributed by atoms with E-state index in [1.807, 2.05) is 50.8 Å². The van der Waals surface area contributed by atoms with Gasteiger partial charge in [-0.2, -0.15) is 0 Å². The Kier molecular flexibility index (Phi) is 5.56. The minimum atomic E-state index is -0.492. The number of nitro groups is 1. The molecule has 0 N–H and O–H groups in total. The number of hydrogen-bond acceptors (Lipinski definition) is 6. The molecule has 0 radical (unpaired) electrons. The molecule has 2 heterocycles. The lowest BCUT2D eigenvalue weighted by Gasteiger charge is -2.37. The first-order valence-corrected chi connectivity index (χ1v) is 10.5. The van der Waals surface area contributed by atoms with Crippen molar-refractivity contribution in [1.82, 2.24) is 4.90 Å². The van der Waals surface area contributed by atoms with Crippen LogP contribution in [0.15, 0.2) is 48.2 Å². The SMILES string of the molecule is Cc1ccc(C)c(N2C(=O)C(c3ccc([N+](=O)[O-])cc3)=C(N3CC(C)OC(C)C3)C2=O)c1. The van der Waals surface area contributed by atoms with E-state index in [0.717, 1.165) is 11.1 Å². The highest BCUT2D eigenvalue weighted by atomic mass is 16.6. The van der Waals surface area contributed by atoms with Gasteiger partial charge in [-0.1, -0.05) is 12.1 Å². The van der Waals surface area contributed by atoms with Crippen LogP contribution in [0.25, 0.3) is 5.57 Å². The number of non-ortho nitro benzene ring substituents is 1. The van der Waals surface area contributed by atoms with Gasteiger partial charge in [0.25, 0.3) is 17.5 Å². The summed E-state index contributed by atoms with van der Waals surface area (Å²) in [7, 11) is 0. The molecule has 2 aromatic carbocycles. The van der Waals surface area contributed by atoms with Crippen LogP contribution in [-0.2, 0) is 14.3 Å². The van der Waals surface area contributed by atoms with E-state index in [4.69, 9.17) is 4.74 Å². The summed E-state index contributed by atoms with van der Waals surface area (Å²) in [4.78, 5) is 41.1. The van der Waals surface area contributed by atoms with Crippen molar-refractivity contribution in [2.45, 2.75) is 39.9 Å². The van der Waals surface area contributed by atoms with Gasteiger partial charge in [0.1, 0.15) is 5.70 Å². The molecule has 8 heteroatoms. The maximum atomic E-state index is 13.7. The van der Waals surface area contributed by atoms with Crippen LogP contribution >= 0.6 is 0 Å². The molecular weight excluding hydrogens is 410 g/mol. The Hall–Kier alpha value is -3.52. The minimum absolute atomic E-state index is 0.0762. The van der Waals surface area contributed by atoms with Gasteiger partial charge in [-0.25, -0.2) is 4.90 Å². The average Bonchev–Trinajstić information content (AvgIpc) is 2.99. The average molecular weight is 435 g/mol. The lowest BCUT2D eigenvalue weighted by molar-refractivity contribution is -0.384. The Morgan fingerprint density at radius 3 is 2.19 bits per heavy atom. The zero-order valence-corrected chi connectivity index (χ0v) is 18.5. The molecule has 4 rings (SSSR count). The van der Waals surface area contributed by atoms with Crippen molar-refractivity contribution >= 4 is 28.8 Å². The normalized spacial score (nSPS) is 21.5. The topological polar surface area (TPSA) is 93.0 Å². The van der Waals surface area contributed by atoms with Crippen LogP contribution < -0.4 is 4.90 Å². The van der Waals surface area contributed by atoms with Crippen molar-refractivity contribution in [3.63, 3.8) is 0 Å². The highest BCUT2D eigenvalue weighted by Gasteiger charge is 2.44. The Morgan fingerprint density at radius 2 is 1.59 bits per heavy atom. The summed E-state index contributed by atoms with van der Waals surface area (Å²) in [6.07, 6.45) is -0.218. The summed E-state index contributed by atoms with van der Waals surface area (Å²) >= 11 is 0. The highest BCUT2D eigenvalue weighted by Crippen LogP contribution is 2.37. The summed E-state index contributed by atoms with van der Waals surface area (Å²) in [5.74, 6) is -0.822. The fourth-order valence-corrected chi connectivity index (χ4v) is 4.36. The zero-order chi connectivity index (χ0) is 23.2. The van der Waals surface area contributed by atoms with Crippen molar-refractivity contribution in [2.75, 3.05) is 18.0 Å². The molecule has 32 heavy (non-hydrogen) atoms. The number of nitro benzene ring substituents is 1. The third-order valence-corrected chi connectivity index (χ3v) is 5.77. The van der Waals surface area contributed by atoms with Crippen molar-refractivity contribution in [2.24, 2.45) is 0 Å². The van der Waals surface area contributed by atoms with Gasteiger partial charge in [0.2, 0.25) is 0 Å². The van der Waals surface area contributed by atoms with Crippen LogP contribution in [0.3, 0.4) is 0 Å². The van der Waals surface area contributed by atoms with Crippen LogP contribution in [0.4, 0.5) is 11.4 Å². The third kappa shape index (κ3) is 3.78. The maximum Gasteiger partial charge on any atom is 0.282 e. The first-order chi connectivity index (χ1) is 15.2. The van der Waals surface area contributed by atoms with Gasteiger partial charge < -0.3 is 9.64 Å². The van der Waals surface area contributed by atoms with E-state index in [1.165, 1.54) is 29.2 Å². The van der Waals surface area contributed by atoms with Gasteiger partial charge in [-0.05, 0) is 62.6 Å². The zero-order valence-electron chi connectivity index (χ0n) is 18.5. The summed E-state index contributed by atoms with van der Waals surface area (Å²) in [5, 5.41) is 11.1. The lowest BCUT2D eigenvalue weighted by Crippen LogP contribution is -2.47. The van der Waals surface area contributed by atoms with E-state index in [0.29, 0.717) is 30.0 Å². The van der Waals surface area contributed by atoms with Crippen molar-refractivity contribution in [3.05, 3.63) is 75.0 Å². The summed E-state index contributed by atoms with van der Waals surface area (Å²) in [6, 6.07) is 11.4. The van der Waals surface area contributed by atoms with Gasteiger partial charge in [-0.3, -0.25) is 19.7 Å². The Balaban J connectivity index is 1.86. The molecular formula is C24H25N3O5. The number of nitrogens with zero attached hydrogens (tertiary/aromatic N) is 3. The van der Waals surface area contributed by atoms with Crippen LogP contribution in [0.2, 0.25) is 0 Å². The fourth-order valence-electron chi connectivity index (χ4n) is 4.36. The number of imide groups is 1. The number of aryl methyl sites for hydroxylation is 2. The predicted molar refractivity (Wildman–Crippen MR) is 120 cm³/mol. The molecule has 0 saturated carbocycles. The van der Waals surface area contributed by atoms with E-state index in [9.17, 15) is 19.7 Å². The molecule has 0 bridgehead atoms. The van der Waals surface area contributed by atoms with Gasteiger partial charge in [0, 0.05) is 25.2 Å². The molecule has 166 valence electrons. The molecule has 2 aromatic rings. The fraction of sp³-hybridized carbons (Fsp3) is 0.333. The molecule has 2 unspecified atom stereocenters. The molecule has 1 fully saturated rings. The van der Waals surface area contributed by atoms with Crippen LogP contribution in [-0.4, -0.2) is 46.9 Å². The number of carbonyl (C=O) groups is 2. The van der Waals surface area contributed by atoms with Gasteiger partial charge in [0.15, 0.2) is 0 Å². The van der Waals surface area contributed by atoms with Crippen molar-refractivity contribution in [3.8, 4) is 0 Å². The third-order valence-electron chi connectivity index (χ3n) is 5.77. The summed E-state index contributed by atoms with van der Waals surface area (Å²) < 4.78 is 5.82. The number of morpholine rings is 1. The molecule has 2 amide bonds. The van der Waals surface area contributed by atoms with Crippen LogP contribution in [0.5, 0.6) is 0 Å². The van der Waals surface area contributed by atoms with Crippen molar-refractivity contribution < 1.29 is 19.2 Å². The molecule has 0 spiro atoms. The maximum absolute atomic E-state index is 13.7. The molecule has 1 saturated heterocycles. The standard InChI is InChI=1S/C24H25N3O5/c1-14-5-6-15(2)20(11-14)26-23(28)21(18-7-9-19(10-8-18)27(30)31)22(24(26)29)25-12-16(3)32-17(4)13-25/h5-11,16-17H,12-13H2,1-4H3. The quantitative estimate of drug-likeness (QED) is 0.414. The smallest absolute Gasteiger partial charge is 0.282 e. The summed E-state index contributed by atoms with van der Waals surface area (Å²) in [5.41, 5.74) is 3.26. The Labute approximate surface area is 186 Å². The molecule has 2 atom stereocenters. The number of ether oxygens (including phenoxy) is 1. The second-order valence-electron chi connectivity index (χ2n) is 8.43. The minimum Gasteiger partial charge on any atom is -0.372 e. The second kappa shape index (κ2) is 8.20. The van der Waals surface area contributed by atoms with Gasteiger partial charge >= 0.3 is 0 Å². The van der Waals surface area contributed by atoms with Crippen LogP contribution in [0, 0.1) is 24.0 Å². The highest BCUT2D eigenvalue weighted by molar-refractivity contribution is 6.45. The van der Waals surface area contributed by atoms with Crippen LogP contribution in [0.1, 0.15) is 30.5 Å². The van der Waals surface area contributed by atoms with E-state index in [-0.39, 0.29) is 23.5 Å². The molecule has 8 nitrogen and oxygen atoms in total. The van der Waals surface area contributed by atoms with Gasteiger partial charge in [-0.15, -0.1) is 0 Å². The van der Waals surface area contributed by atoms with Gasteiger partial charge in [0.05, 0.1) is 28.4 Å². The first-order valence-electron chi connectivity index (χ1n) is 10.5. The number of benzene rings is 2. The number of rotatable bonds is 4. The number of anilines is 1. The molecule has 0 aliphatic carbocycles. The van der Waals surface area contributed by atoms with E-state index in [1.54, 1.807) is 0 Å². The largest absolute Gasteiger partial charge is 0.372 e. The first kappa shape index (κ1) is 21.7. The van der Waals surface area contributed by atoms with E-state index < -0.39 is 16.7 Å². The molecule has 2 aliphatic heterocycles. The van der Waals surface area contributed by atoms with Crippen molar-refractivity contribution in [1.29, 1.82) is 0 Å². The molecule has 2 aliphatic rings. The summed E-state index contributed by atoms with van der Waals surface area (Å²) in [6.45, 7) is 8.56. The van der Waals surface area contributed by atoms with E-state index in [2.05, 4.69) is 0 Å². The molecule has 0 aromatic heterocycles. The Bertz CT molecular complexity index is 1130. The number of carbonyl (C=O) groups excluding carboxylic acids is 2.